The molecule has 0 aromatic carbocycles. The molecule has 0 saturated carbocycles. The molecule has 0 fully saturated rings. The predicted octanol–water partition coefficient (Wildman–Crippen LogP) is 2.78. The van der Waals surface area contributed by atoms with E-state index < -0.39 is 0 Å². The summed E-state index contributed by atoms with van der Waals surface area (Å²) < 4.78 is 10.6. The normalized spacial score (nSPS) is 10.4. The second-order valence-electron chi connectivity index (χ2n) is 3.10. The molecule has 0 spiro atoms. The Balaban J connectivity index is 2.45. The largest absolute Gasteiger partial charge is 0.474 e. The second-order valence-corrected chi connectivity index (χ2v) is 3.92. The summed E-state index contributed by atoms with van der Waals surface area (Å²) in [5.74, 6) is 0.485. The van der Waals surface area contributed by atoms with Crippen LogP contribution in [0.5, 0.6) is 5.88 Å². The Kier molecular flexibility index (Phi) is 5.66. The molecule has 4 nitrogen and oxygen atoms in total. The van der Waals surface area contributed by atoms with Crippen LogP contribution in [0.4, 0.5) is 5.82 Å². The van der Waals surface area contributed by atoms with Gasteiger partial charge in [0, 0.05) is 6.61 Å². The van der Waals surface area contributed by atoms with Crippen LogP contribution in [0, 0.1) is 0 Å². The van der Waals surface area contributed by atoms with Crippen LogP contribution in [-0.4, -0.2) is 24.8 Å². The molecular weight excluding hydrogens is 251 g/mol. The lowest BCUT2D eigenvalue weighted by Crippen LogP contribution is -2.08. The molecule has 6 heteroatoms. The van der Waals surface area contributed by atoms with Gasteiger partial charge in [-0.3, -0.25) is 0 Å². The van der Waals surface area contributed by atoms with Crippen molar-refractivity contribution >= 4 is 29.0 Å². The highest BCUT2D eigenvalue weighted by atomic mass is 35.5. The number of halogens is 2. The molecule has 2 N–H and O–H groups in total. The van der Waals surface area contributed by atoms with E-state index in [2.05, 4.69) is 4.98 Å². The summed E-state index contributed by atoms with van der Waals surface area (Å²) in [6.45, 7) is 3.63. The van der Waals surface area contributed by atoms with Crippen molar-refractivity contribution in [1.29, 1.82) is 0 Å². The van der Waals surface area contributed by atoms with E-state index in [1.54, 1.807) is 0 Å². The lowest BCUT2D eigenvalue weighted by Gasteiger charge is -2.08. The molecular formula is C10H14Cl2N2O2. The van der Waals surface area contributed by atoms with Crippen LogP contribution < -0.4 is 10.5 Å². The molecule has 1 heterocycles. The van der Waals surface area contributed by atoms with Gasteiger partial charge in [-0.2, -0.15) is 4.98 Å². The topological polar surface area (TPSA) is 57.4 Å². The van der Waals surface area contributed by atoms with Crippen LogP contribution in [0.3, 0.4) is 0 Å². The maximum absolute atomic E-state index is 5.87. The predicted molar refractivity (Wildman–Crippen MR) is 65.3 cm³/mol. The third-order valence-corrected chi connectivity index (χ3v) is 2.31. The first-order valence-electron chi connectivity index (χ1n) is 4.97. The van der Waals surface area contributed by atoms with E-state index >= 15 is 0 Å². The van der Waals surface area contributed by atoms with Crippen LogP contribution >= 0.6 is 23.2 Å². The molecule has 0 amide bonds. The number of nitrogens with zero attached hydrogens (tertiary/aromatic N) is 1. The molecule has 1 rings (SSSR count). The number of anilines is 1. The van der Waals surface area contributed by atoms with Crippen molar-refractivity contribution in [3.63, 3.8) is 0 Å². The van der Waals surface area contributed by atoms with Crippen molar-refractivity contribution in [3.8, 4) is 5.88 Å². The number of aromatic nitrogens is 1. The molecule has 1 aromatic heterocycles. The average molecular weight is 265 g/mol. The van der Waals surface area contributed by atoms with E-state index in [1.807, 2.05) is 6.92 Å². The zero-order valence-electron chi connectivity index (χ0n) is 9.00. The van der Waals surface area contributed by atoms with E-state index in [9.17, 15) is 0 Å². The minimum absolute atomic E-state index is 0.204. The Labute approximate surface area is 105 Å². The van der Waals surface area contributed by atoms with Crippen molar-refractivity contribution in [2.75, 3.05) is 25.6 Å². The number of nitrogens with two attached hydrogens (primary N) is 1. The highest BCUT2D eigenvalue weighted by Gasteiger charge is 2.07. The van der Waals surface area contributed by atoms with Crippen molar-refractivity contribution in [2.45, 2.75) is 13.3 Å². The number of hydrogen-bond donors (Lipinski definition) is 1. The number of rotatable bonds is 6. The van der Waals surface area contributed by atoms with Gasteiger partial charge in [0.05, 0.1) is 11.6 Å². The van der Waals surface area contributed by atoms with Gasteiger partial charge in [-0.15, -0.1) is 0 Å². The Hall–Kier alpha value is -0.710. The van der Waals surface area contributed by atoms with Gasteiger partial charge in [0.15, 0.2) is 0 Å². The maximum atomic E-state index is 5.87. The van der Waals surface area contributed by atoms with Crippen LogP contribution in [-0.2, 0) is 4.74 Å². The third kappa shape index (κ3) is 4.04. The van der Waals surface area contributed by atoms with Gasteiger partial charge in [-0.1, -0.05) is 30.1 Å². The highest BCUT2D eigenvalue weighted by Crippen LogP contribution is 2.28. The summed E-state index contributed by atoms with van der Waals surface area (Å²) in [6.07, 6.45) is 0.979. The van der Waals surface area contributed by atoms with Gasteiger partial charge < -0.3 is 15.2 Å². The molecule has 0 unspecified atom stereocenters. The molecule has 0 aliphatic rings. The quantitative estimate of drug-likeness (QED) is 0.803. The van der Waals surface area contributed by atoms with Gasteiger partial charge in [-0.05, 0) is 12.5 Å². The number of hydrogen-bond acceptors (Lipinski definition) is 4. The zero-order chi connectivity index (χ0) is 12.0. The van der Waals surface area contributed by atoms with Gasteiger partial charge in [0.2, 0.25) is 5.88 Å². The van der Waals surface area contributed by atoms with Gasteiger partial charge in [0.25, 0.3) is 0 Å². The summed E-state index contributed by atoms with van der Waals surface area (Å²) in [6, 6.07) is 1.51. The number of nitrogen functional groups attached to an aromatic ring is 1. The summed E-state index contributed by atoms with van der Waals surface area (Å²) in [7, 11) is 0. The number of pyridine rings is 1. The summed E-state index contributed by atoms with van der Waals surface area (Å²) in [4.78, 5) is 3.93. The fourth-order valence-corrected chi connectivity index (χ4v) is 1.42. The minimum Gasteiger partial charge on any atom is -0.474 e. The van der Waals surface area contributed by atoms with E-state index in [1.165, 1.54) is 6.07 Å². The zero-order valence-corrected chi connectivity index (χ0v) is 10.5. The Bertz CT molecular complexity index is 348. The molecule has 90 valence electrons. The van der Waals surface area contributed by atoms with Crippen LogP contribution in [0.1, 0.15) is 13.3 Å². The molecule has 0 atom stereocenters. The Morgan fingerprint density at radius 3 is 2.69 bits per heavy atom. The molecule has 0 aliphatic carbocycles. The first kappa shape index (κ1) is 13.4. The molecule has 0 bridgehead atoms. The average Bonchev–Trinajstić information content (AvgIpc) is 2.25. The Morgan fingerprint density at radius 1 is 1.25 bits per heavy atom. The van der Waals surface area contributed by atoms with Crippen molar-refractivity contribution in [2.24, 2.45) is 0 Å². The van der Waals surface area contributed by atoms with Gasteiger partial charge in [-0.25, -0.2) is 0 Å². The maximum Gasteiger partial charge on any atom is 0.234 e. The fourth-order valence-electron chi connectivity index (χ4n) is 1.01. The van der Waals surface area contributed by atoms with E-state index in [0.717, 1.165) is 6.42 Å². The lowest BCUT2D eigenvalue weighted by molar-refractivity contribution is 0.0991. The second kappa shape index (κ2) is 6.78. The van der Waals surface area contributed by atoms with E-state index in [4.69, 9.17) is 38.4 Å². The van der Waals surface area contributed by atoms with Crippen LogP contribution in [0.25, 0.3) is 0 Å². The SMILES string of the molecule is CCCOCCOc1nc(N)c(Cl)cc1Cl. The van der Waals surface area contributed by atoms with Crippen LogP contribution in [0.15, 0.2) is 6.07 Å². The molecule has 16 heavy (non-hydrogen) atoms. The van der Waals surface area contributed by atoms with Crippen molar-refractivity contribution in [1.82, 2.24) is 4.98 Å². The van der Waals surface area contributed by atoms with Gasteiger partial charge >= 0.3 is 0 Å². The van der Waals surface area contributed by atoms with E-state index in [0.29, 0.717) is 29.9 Å². The number of ether oxygens (including phenoxy) is 2. The fraction of sp³-hybridized carbons (Fsp3) is 0.500. The molecule has 0 aliphatic heterocycles. The minimum atomic E-state index is 0.204. The summed E-state index contributed by atoms with van der Waals surface area (Å²) in [5, 5.41) is 0.661. The molecule has 0 saturated heterocycles. The third-order valence-electron chi connectivity index (χ3n) is 1.74. The first-order chi connectivity index (χ1) is 7.65. The highest BCUT2D eigenvalue weighted by molar-refractivity contribution is 6.36. The summed E-state index contributed by atoms with van der Waals surface area (Å²) in [5.41, 5.74) is 5.53. The Morgan fingerprint density at radius 2 is 2.00 bits per heavy atom. The monoisotopic (exact) mass is 264 g/mol. The van der Waals surface area contributed by atoms with E-state index in [-0.39, 0.29) is 11.7 Å². The van der Waals surface area contributed by atoms with Gasteiger partial charge in [0.1, 0.15) is 17.4 Å². The molecule has 0 radical (unpaired) electrons. The van der Waals surface area contributed by atoms with Crippen molar-refractivity contribution in [3.05, 3.63) is 16.1 Å². The first-order valence-corrected chi connectivity index (χ1v) is 5.72. The van der Waals surface area contributed by atoms with Crippen molar-refractivity contribution < 1.29 is 9.47 Å². The summed E-state index contributed by atoms with van der Waals surface area (Å²) >= 11 is 11.6. The molecule has 1 aromatic rings. The lowest BCUT2D eigenvalue weighted by atomic mass is 10.4. The standard InChI is InChI=1S/C10H14Cl2N2O2/c1-2-3-15-4-5-16-10-8(12)6-7(11)9(13)14-10/h6H,2-5H2,1H3,(H2,13,14). The smallest absolute Gasteiger partial charge is 0.234 e. The van der Waals surface area contributed by atoms with Crippen LogP contribution in [0.2, 0.25) is 10.0 Å².